The van der Waals surface area contributed by atoms with Gasteiger partial charge in [0, 0.05) is 19.5 Å². The average molecular weight is 399 g/mol. The fourth-order valence-electron chi connectivity index (χ4n) is 3.77. The van der Waals surface area contributed by atoms with Crippen LogP contribution in [0.25, 0.3) is 0 Å². The van der Waals surface area contributed by atoms with E-state index in [4.69, 9.17) is 26.4 Å². The van der Waals surface area contributed by atoms with Crippen molar-refractivity contribution in [3.8, 4) is 17.2 Å². The van der Waals surface area contributed by atoms with Gasteiger partial charge < -0.3 is 24.4 Å². The van der Waals surface area contributed by atoms with Crippen molar-refractivity contribution in [1.82, 2.24) is 10.2 Å². The highest BCUT2D eigenvalue weighted by Crippen LogP contribution is 2.37. The molecule has 0 aromatic heterocycles. The Morgan fingerprint density at radius 2 is 1.89 bits per heavy atom. The molecule has 148 valence electrons. The second kappa shape index (κ2) is 8.69. The molecular formula is C22H26N2O3S. The summed E-state index contributed by atoms with van der Waals surface area (Å²) in [5.41, 5.74) is 2.41. The molecule has 1 saturated heterocycles. The van der Waals surface area contributed by atoms with Gasteiger partial charge >= 0.3 is 0 Å². The number of ether oxygens (including phenoxy) is 3. The van der Waals surface area contributed by atoms with Gasteiger partial charge in [0.1, 0.15) is 5.75 Å². The van der Waals surface area contributed by atoms with Crippen molar-refractivity contribution in [2.24, 2.45) is 0 Å². The van der Waals surface area contributed by atoms with Crippen LogP contribution < -0.4 is 19.5 Å². The third-order valence-electron chi connectivity index (χ3n) is 5.27. The molecule has 0 unspecified atom stereocenters. The Kier molecular flexibility index (Phi) is 5.86. The molecule has 2 aliphatic heterocycles. The molecule has 2 aromatic rings. The summed E-state index contributed by atoms with van der Waals surface area (Å²) in [6.45, 7) is 3.08. The lowest BCUT2D eigenvalue weighted by atomic mass is 10.0. The molecular weight excluding hydrogens is 372 g/mol. The van der Waals surface area contributed by atoms with E-state index in [0.717, 1.165) is 48.2 Å². The number of nitrogens with zero attached hydrogens (tertiary/aromatic N) is 1. The van der Waals surface area contributed by atoms with E-state index in [1.807, 2.05) is 18.2 Å². The van der Waals surface area contributed by atoms with Gasteiger partial charge in [-0.3, -0.25) is 0 Å². The summed E-state index contributed by atoms with van der Waals surface area (Å²) in [6, 6.07) is 14.6. The fourth-order valence-corrected chi connectivity index (χ4v) is 4.06. The second-order valence-corrected chi connectivity index (χ2v) is 7.50. The molecule has 1 atom stereocenters. The van der Waals surface area contributed by atoms with E-state index in [1.165, 1.54) is 11.1 Å². The predicted molar refractivity (Wildman–Crippen MR) is 113 cm³/mol. The second-order valence-electron chi connectivity index (χ2n) is 7.11. The highest BCUT2D eigenvalue weighted by Gasteiger charge is 2.28. The zero-order valence-electron chi connectivity index (χ0n) is 16.1. The average Bonchev–Trinajstić information content (AvgIpc) is 3.11. The monoisotopic (exact) mass is 398 g/mol. The van der Waals surface area contributed by atoms with Crippen LogP contribution in [0.2, 0.25) is 0 Å². The first kappa shape index (κ1) is 18.9. The van der Waals surface area contributed by atoms with Crippen LogP contribution in [-0.4, -0.2) is 36.9 Å². The molecule has 1 N–H and O–H groups in total. The van der Waals surface area contributed by atoms with Gasteiger partial charge in [0.25, 0.3) is 0 Å². The van der Waals surface area contributed by atoms with Crippen LogP contribution in [0, 0.1) is 0 Å². The molecule has 0 radical (unpaired) electrons. The Morgan fingerprint density at radius 1 is 1.11 bits per heavy atom. The van der Waals surface area contributed by atoms with Gasteiger partial charge in [-0.05, 0) is 60.5 Å². The molecule has 1 fully saturated rings. The van der Waals surface area contributed by atoms with E-state index in [0.29, 0.717) is 19.8 Å². The number of likely N-dealkylation sites (tertiary alicyclic amines) is 1. The molecule has 5 nitrogen and oxygen atoms in total. The Bertz CT molecular complexity index is 825. The Balaban J connectivity index is 1.42. The van der Waals surface area contributed by atoms with Crippen LogP contribution in [0.4, 0.5) is 0 Å². The maximum absolute atomic E-state index is 5.87. The molecule has 2 aromatic carbocycles. The Morgan fingerprint density at radius 3 is 2.68 bits per heavy atom. The normalized spacial score (nSPS) is 18.5. The summed E-state index contributed by atoms with van der Waals surface area (Å²) < 4.78 is 16.8. The molecule has 0 aliphatic carbocycles. The summed E-state index contributed by atoms with van der Waals surface area (Å²) >= 11 is 5.72. The van der Waals surface area contributed by atoms with Crippen LogP contribution in [0.5, 0.6) is 17.2 Å². The van der Waals surface area contributed by atoms with E-state index in [-0.39, 0.29) is 6.04 Å². The Hall–Kier alpha value is -2.47. The van der Waals surface area contributed by atoms with E-state index in [1.54, 1.807) is 7.11 Å². The number of hydrogen-bond acceptors (Lipinski definition) is 4. The van der Waals surface area contributed by atoms with Crippen LogP contribution in [0.15, 0.2) is 42.5 Å². The number of fused-ring (bicyclic) bond motifs is 1. The lowest BCUT2D eigenvalue weighted by Crippen LogP contribution is -2.38. The zero-order chi connectivity index (χ0) is 19.3. The van der Waals surface area contributed by atoms with Crippen molar-refractivity contribution in [2.75, 3.05) is 26.9 Å². The molecule has 2 heterocycles. The highest BCUT2D eigenvalue weighted by molar-refractivity contribution is 7.80. The number of nitrogens with one attached hydrogen (secondary N) is 1. The van der Waals surface area contributed by atoms with Crippen molar-refractivity contribution in [2.45, 2.75) is 31.8 Å². The molecule has 0 amide bonds. The summed E-state index contributed by atoms with van der Waals surface area (Å²) in [6.07, 6.45) is 3.13. The summed E-state index contributed by atoms with van der Waals surface area (Å²) in [5.74, 6) is 2.55. The van der Waals surface area contributed by atoms with Gasteiger partial charge in [-0.25, -0.2) is 0 Å². The van der Waals surface area contributed by atoms with Crippen molar-refractivity contribution in [3.63, 3.8) is 0 Å². The third kappa shape index (κ3) is 4.17. The number of benzene rings is 2. The maximum Gasteiger partial charge on any atom is 0.169 e. The lowest BCUT2D eigenvalue weighted by Gasteiger charge is -2.28. The molecule has 4 rings (SSSR count). The summed E-state index contributed by atoms with van der Waals surface area (Å²) in [7, 11) is 1.68. The van der Waals surface area contributed by atoms with E-state index >= 15 is 0 Å². The minimum Gasteiger partial charge on any atom is -0.497 e. The number of methoxy groups -OCH3 is 1. The van der Waals surface area contributed by atoms with Gasteiger partial charge in [-0.15, -0.1) is 0 Å². The first-order chi connectivity index (χ1) is 13.7. The topological polar surface area (TPSA) is 43.0 Å². The van der Waals surface area contributed by atoms with Crippen molar-refractivity contribution in [3.05, 3.63) is 53.6 Å². The molecule has 2 aliphatic rings. The number of hydrogen-bond donors (Lipinski definition) is 1. The first-order valence-electron chi connectivity index (χ1n) is 9.81. The third-order valence-corrected chi connectivity index (χ3v) is 5.65. The van der Waals surface area contributed by atoms with Crippen LogP contribution in [0.1, 0.15) is 36.4 Å². The van der Waals surface area contributed by atoms with Crippen molar-refractivity contribution in [1.29, 1.82) is 0 Å². The van der Waals surface area contributed by atoms with Gasteiger partial charge in [-0.1, -0.05) is 18.2 Å². The largest absolute Gasteiger partial charge is 0.497 e. The van der Waals surface area contributed by atoms with E-state index < -0.39 is 0 Å². The van der Waals surface area contributed by atoms with Crippen molar-refractivity contribution >= 4 is 17.3 Å². The predicted octanol–water partition coefficient (Wildman–Crippen LogP) is 4.07. The fraction of sp³-hybridized carbons (Fsp3) is 0.409. The minimum atomic E-state index is 0.271. The van der Waals surface area contributed by atoms with Gasteiger partial charge in [0.2, 0.25) is 0 Å². The van der Waals surface area contributed by atoms with Crippen molar-refractivity contribution < 1.29 is 14.2 Å². The van der Waals surface area contributed by atoms with Gasteiger partial charge in [0.05, 0.1) is 26.4 Å². The minimum absolute atomic E-state index is 0.271. The van der Waals surface area contributed by atoms with Gasteiger partial charge in [-0.2, -0.15) is 0 Å². The van der Waals surface area contributed by atoms with Crippen LogP contribution in [0.3, 0.4) is 0 Å². The van der Waals surface area contributed by atoms with E-state index in [9.17, 15) is 0 Å². The van der Waals surface area contributed by atoms with E-state index in [2.05, 4.69) is 34.5 Å². The molecule has 28 heavy (non-hydrogen) atoms. The van der Waals surface area contributed by atoms with Crippen LogP contribution >= 0.6 is 12.2 Å². The highest BCUT2D eigenvalue weighted by atomic mass is 32.1. The molecule has 0 bridgehead atoms. The maximum atomic E-state index is 5.87. The molecule has 6 heteroatoms. The molecule has 0 spiro atoms. The SMILES string of the molecule is COc1ccc(CNC(=S)N2CCC[C@H]2c2ccc3c(c2)OCCCO3)cc1. The number of rotatable bonds is 4. The van der Waals surface area contributed by atoms with Gasteiger partial charge in [0.15, 0.2) is 16.6 Å². The quantitative estimate of drug-likeness (QED) is 0.784. The lowest BCUT2D eigenvalue weighted by molar-refractivity contribution is 0.296. The smallest absolute Gasteiger partial charge is 0.169 e. The zero-order valence-corrected chi connectivity index (χ0v) is 17.0. The summed E-state index contributed by atoms with van der Waals surface area (Å²) in [4.78, 5) is 2.29. The molecule has 0 saturated carbocycles. The Labute approximate surface area is 171 Å². The standard InChI is InChI=1S/C22H26N2O3S/c1-25-18-8-5-16(6-9-18)15-23-22(28)24-11-2-4-19(24)17-7-10-20-21(14-17)27-13-3-12-26-20/h5-10,14,19H,2-4,11-13,15H2,1H3,(H,23,28)/t19-/m0/s1. The van der Waals surface area contributed by atoms with Crippen LogP contribution in [-0.2, 0) is 6.54 Å². The number of thiocarbonyl (C=S) groups is 1. The summed E-state index contributed by atoms with van der Waals surface area (Å²) in [5, 5.41) is 4.21. The first-order valence-corrected chi connectivity index (χ1v) is 10.2.